The zero-order valence-electron chi connectivity index (χ0n) is 10.4. The summed E-state index contributed by atoms with van der Waals surface area (Å²) in [5.41, 5.74) is 0. The number of rotatable bonds is 6. The van der Waals surface area contributed by atoms with E-state index in [2.05, 4.69) is 18.9 Å². The Labute approximate surface area is 94.7 Å². The molecule has 1 fully saturated rings. The van der Waals surface area contributed by atoms with Crippen molar-refractivity contribution in [2.75, 3.05) is 20.2 Å². The average Bonchev–Trinajstić information content (AvgIpc) is 2.25. The monoisotopic (exact) mass is 213 g/mol. The number of unbranched alkanes of at least 4 members (excludes halogenated alkanes) is 2. The van der Waals surface area contributed by atoms with Gasteiger partial charge in [0, 0.05) is 12.6 Å². The van der Waals surface area contributed by atoms with Crippen LogP contribution in [0.15, 0.2) is 0 Å². The lowest BCUT2D eigenvalue weighted by molar-refractivity contribution is 0.136. The summed E-state index contributed by atoms with van der Waals surface area (Å²) in [4.78, 5) is 2.54. The van der Waals surface area contributed by atoms with Gasteiger partial charge in [-0.3, -0.25) is 0 Å². The molecule has 1 N–H and O–H groups in total. The van der Waals surface area contributed by atoms with Crippen molar-refractivity contribution in [2.45, 2.75) is 57.9 Å². The van der Waals surface area contributed by atoms with Crippen LogP contribution in [-0.4, -0.2) is 36.2 Å². The predicted octanol–water partition coefficient (Wildman–Crippen LogP) is 2.66. The summed E-state index contributed by atoms with van der Waals surface area (Å²) in [5, 5.41) is 8.71. The van der Waals surface area contributed by atoms with Crippen LogP contribution in [0.2, 0.25) is 0 Å². The van der Waals surface area contributed by atoms with E-state index in [1.807, 2.05) is 0 Å². The van der Waals surface area contributed by atoms with Crippen LogP contribution in [0.1, 0.15) is 51.9 Å². The number of aliphatic hydroxyl groups excluding tert-OH is 1. The molecule has 0 heterocycles. The van der Waals surface area contributed by atoms with Gasteiger partial charge < -0.3 is 10.0 Å². The Bertz CT molecular complexity index is 161. The van der Waals surface area contributed by atoms with Crippen molar-refractivity contribution in [1.29, 1.82) is 0 Å². The molecule has 0 spiro atoms. The van der Waals surface area contributed by atoms with Crippen LogP contribution in [-0.2, 0) is 0 Å². The van der Waals surface area contributed by atoms with Crippen LogP contribution in [0, 0.1) is 5.92 Å². The third-order valence-electron chi connectivity index (χ3n) is 3.80. The molecule has 0 bridgehead atoms. The molecule has 2 unspecified atom stereocenters. The van der Waals surface area contributed by atoms with Gasteiger partial charge in [0.15, 0.2) is 0 Å². The maximum Gasteiger partial charge on any atom is 0.0431 e. The van der Waals surface area contributed by atoms with Crippen LogP contribution < -0.4 is 0 Å². The highest BCUT2D eigenvalue weighted by molar-refractivity contribution is 4.79. The molecule has 0 amide bonds. The first-order chi connectivity index (χ1) is 7.25. The van der Waals surface area contributed by atoms with E-state index in [0.717, 1.165) is 18.4 Å². The number of aliphatic hydroxyl groups is 1. The van der Waals surface area contributed by atoms with Gasteiger partial charge in [0.25, 0.3) is 0 Å². The maximum absolute atomic E-state index is 8.71. The standard InChI is InChI=1S/C13H27NO/c1-12-8-4-5-9-13(12)14(2)10-6-3-7-11-15/h12-13,15H,3-11H2,1-2H3. The molecule has 90 valence electrons. The van der Waals surface area contributed by atoms with Crippen molar-refractivity contribution in [3.05, 3.63) is 0 Å². The summed E-state index contributed by atoms with van der Waals surface area (Å²) in [7, 11) is 2.27. The maximum atomic E-state index is 8.71. The molecule has 2 heteroatoms. The molecule has 1 rings (SSSR count). The van der Waals surface area contributed by atoms with Gasteiger partial charge in [0.2, 0.25) is 0 Å². The summed E-state index contributed by atoms with van der Waals surface area (Å²) in [5.74, 6) is 0.876. The van der Waals surface area contributed by atoms with Gasteiger partial charge in [-0.25, -0.2) is 0 Å². The van der Waals surface area contributed by atoms with Crippen molar-refractivity contribution in [3.63, 3.8) is 0 Å². The SMILES string of the molecule is CC1CCCCC1N(C)CCCCCO. The van der Waals surface area contributed by atoms with Gasteiger partial charge in [0.05, 0.1) is 0 Å². The first-order valence-electron chi connectivity index (χ1n) is 6.57. The van der Waals surface area contributed by atoms with E-state index in [1.54, 1.807) is 0 Å². The molecule has 2 atom stereocenters. The minimum atomic E-state index is 0.351. The van der Waals surface area contributed by atoms with Crippen molar-refractivity contribution < 1.29 is 5.11 Å². The topological polar surface area (TPSA) is 23.5 Å². The molecule has 15 heavy (non-hydrogen) atoms. The quantitative estimate of drug-likeness (QED) is 0.686. The first-order valence-corrected chi connectivity index (χ1v) is 6.57. The summed E-state index contributed by atoms with van der Waals surface area (Å²) in [6.45, 7) is 3.95. The van der Waals surface area contributed by atoms with Gasteiger partial charge in [-0.15, -0.1) is 0 Å². The van der Waals surface area contributed by atoms with Crippen molar-refractivity contribution in [3.8, 4) is 0 Å². The van der Waals surface area contributed by atoms with Crippen LogP contribution in [0.25, 0.3) is 0 Å². The van der Waals surface area contributed by atoms with Gasteiger partial charge in [-0.2, -0.15) is 0 Å². The van der Waals surface area contributed by atoms with E-state index in [0.29, 0.717) is 6.61 Å². The fourth-order valence-electron chi connectivity index (χ4n) is 2.77. The lowest BCUT2D eigenvalue weighted by Gasteiger charge is -2.36. The zero-order valence-corrected chi connectivity index (χ0v) is 10.4. The predicted molar refractivity (Wildman–Crippen MR) is 65.0 cm³/mol. The second kappa shape index (κ2) is 7.24. The minimum Gasteiger partial charge on any atom is -0.396 e. The van der Waals surface area contributed by atoms with Crippen molar-refractivity contribution in [2.24, 2.45) is 5.92 Å². The third kappa shape index (κ3) is 4.52. The minimum absolute atomic E-state index is 0.351. The summed E-state index contributed by atoms with van der Waals surface area (Å²) in [6.07, 6.45) is 9.01. The second-order valence-electron chi connectivity index (χ2n) is 5.09. The number of nitrogens with zero attached hydrogens (tertiary/aromatic N) is 1. The lowest BCUT2D eigenvalue weighted by Crippen LogP contribution is -2.39. The fraction of sp³-hybridized carbons (Fsp3) is 1.00. The van der Waals surface area contributed by atoms with Crippen LogP contribution >= 0.6 is 0 Å². The molecule has 0 aromatic carbocycles. The molecule has 1 aliphatic carbocycles. The number of hydrogen-bond acceptors (Lipinski definition) is 2. The highest BCUT2D eigenvalue weighted by Gasteiger charge is 2.24. The second-order valence-corrected chi connectivity index (χ2v) is 5.09. The summed E-state index contributed by atoms with van der Waals surface area (Å²) >= 11 is 0. The smallest absolute Gasteiger partial charge is 0.0431 e. The van der Waals surface area contributed by atoms with E-state index in [1.165, 1.54) is 45.1 Å². The van der Waals surface area contributed by atoms with Gasteiger partial charge in [-0.1, -0.05) is 19.8 Å². The first kappa shape index (κ1) is 13.0. The molecular weight excluding hydrogens is 186 g/mol. The Balaban J connectivity index is 2.16. The molecule has 0 aromatic rings. The Morgan fingerprint density at radius 3 is 2.53 bits per heavy atom. The average molecular weight is 213 g/mol. The van der Waals surface area contributed by atoms with Gasteiger partial charge in [-0.05, 0) is 51.6 Å². The Morgan fingerprint density at radius 2 is 1.87 bits per heavy atom. The van der Waals surface area contributed by atoms with Crippen molar-refractivity contribution in [1.82, 2.24) is 4.90 Å². The molecule has 2 nitrogen and oxygen atoms in total. The third-order valence-corrected chi connectivity index (χ3v) is 3.80. The van der Waals surface area contributed by atoms with E-state index < -0.39 is 0 Å². The molecule has 1 saturated carbocycles. The van der Waals surface area contributed by atoms with E-state index in [-0.39, 0.29) is 0 Å². The van der Waals surface area contributed by atoms with Crippen LogP contribution in [0.4, 0.5) is 0 Å². The summed E-state index contributed by atoms with van der Waals surface area (Å²) < 4.78 is 0. The molecule has 0 aromatic heterocycles. The normalized spacial score (nSPS) is 27.2. The zero-order chi connectivity index (χ0) is 11.1. The molecule has 0 aliphatic heterocycles. The van der Waals surface area contributed by atoms with Crippen LogP contribution in [0.3, 0.4) is 0 Å². The molecular formula is C13H27NO. The molecule has 1 aliphatic rings. The summed E-state index contributed by atoms with van der Waals surface area (Å²) in [6, 6.07) is 0.813. The van der Waals surface area contributed by atoms with E-state index in [4.69, 9.17) is 5.11 Å². The molecule has 0 radical (unpaired) electrons. The van der Waals surface area contributed by atoms with Crippen LogP contribution in [0.5, 0.6) is 0 Å². The van der Waals surface area contributed by atoms with Gasteiger partial charge >= 0.3 is 0 Å². The Morgan fingerprint density at radius 1 is 1.13 bits per heavy atom. The van der Waals surface area contributed by atoms with E-state index in [9.17, 15) is 0 Å². The lowest BCUT2D eigenvalue weighted by atomic mass is 9.85. The Hall–Kier alpha value is -0.0800. The highest BCUT2D eigenvalue weighted by atomic mass is 16.2. The van der Waals surface area contributed by atoms with Crippen molar-refractivity contribution >= 4 is 0 Å². The largest absolute Gasteiger partial charge is 0.396 e. The Kier molecular flexibility index (Phi) is 6.26. The molecule has 0 saturated heterocycles. The van der Waals surface area contributed by atoms with Gasteiger partial charge in [0.1, 0.15) is 0 Å². The highest BCUT2D eigenvalue weighted by Crippen LogP contribution is 2.27. The van der Waals surface area contributed by atoms with E-state index >= 15 is 0 Å². The number of hydrogen-bond donors (Lipinski definition) is 1. The fourth-order valence-corrected chi connectivity index (χ4v) is 2.77.